The molecule has 0 spiro atoms. The summed E-state index contributed by atoms with van der Waals surface area (Å²) in [5, 5.41) is 19.1. The molecule has 0 aliphatic carbocycles. The monoisotopic (exact) mass is 518 g/mol. The highest BCUT2D eigenvalue weighted by molar-refractivity contribution is 7.17. The van der Waals surface area contributed by atoms with Crippen LogP contribution < -0.4 is 16.0 Å². The van der Waals surface area contributed by atoms with E-state index in [4.69, 9.17) is 4.74 Å². The molecular formula is C23H26N4O6S2. The first kappa shape index (κ1) is 27.5. The van der Waals surface area contributed by atoms with Gasteiger partial charge in [0.25, 0.3) is 11.8 Å². The van der Waals surface area contributed by atoms with E-state index in [1.165, 1.54) is 36.8 Å². The molecule has 0 saturated carbocycles. The Balaban J connectivity index is 0.00000210. The number of hydrogen-bond donors (Lipinski definition) is 4. The summed E-state index contributed by atoms with van der Waals surface area (Å²) in [5.41, 5.74) is 0.618. The lowest BCUT2D eigenvalue weighted by Crippen LogP contribution is -2.48. The van der Waals surface area contributed by atoms with E-state index >= 15 is 0 Å². The largest absolute Gasteiger partial charge is 0.508 e. The van der Waals surface area contributed by atoms with Crippen LogP contribution in [0.3, 0.4) is 0 Å². The van der Waals surface area contributed by atoms with Crippen molar-refractivity contribution in [2.75, 3.05) is 19.0 Å². The minimum atomic E-state index is -1.11. The number of phenols is 1. The third kappa shape index (κ3) is 8.50. The van der Waals surface area contributed by atoms with Crippen molar-refractivity contribution in [3.8, 4) is 5.75 Å². The second kappa shape index (κ2) is 13.8. The van der Waals surface area contributed by atoms with E-state index in [2.05, 4.69) is 20.9 Å². The number of methoxy groups -OCH3 is 1. The van der Waals surface area contributed by atoms with E-state index in [1.807, 2.05) is 13.8 Å². The number of carbonyl (C=O) groups excluding carboxylic acids is 4. The number of nitrogens with zero attached hydrogens (tertiary/aromatic N) is 1. The Morgan fingerprint density at radius 3 is 2.51 bits per heavy atom. The molecule has 0 aliphatic heterocycles. The smallest absolute Gasteiger partial charge is 0.330 e. The Hall–Kier alpha value is -3.77. The van der Waals surface area contributed by atoms with Gasteiger partial charge in [0, 0.05) is 6.54 Å². The Labute approximate surface area is 210 Å². The third-order valence-corrected chi connectivity index (χ3v) is 6.03. The van der Waals surface area contributed by atoms with Crippen LogP contribution in [0.5, 0.6) is 5.75 Å². The van der Waals surface area contributed by atoms with E-state index in [9.17, 15) is 24.3 Å². The molecule has 0 fully saturated rings. The highest BCUT2D eigenvalue weighted by Crippen LogP contribution is 2.19. The molecule has 1 unspecified atom stereocenters. The van der Waals surface area contributed by atoms with E-state index in [1.54, 1.807) is 29.6 Å². The molecule has 3 amide bonds. The number of esters is 1. The molecule has 2 aromatic heterocycles. The van der Waals surface area contributed by atoms with Gasteiger partial charge in [-0.2, -0.15) is 0 Å². The number of aromatic hydroxyl groups is 1. The molecule has 35 heavy (non-hydrogen) atoms. The van der Waals surface area contributed by atoms with Gasteiger partial charge in [0.05, 0.1) is 24.6 Å². The molecule has 186 valence electrons. The average Bonchev–Trinajstić information content (AvgIpc) is 3.55. The third-order valence-electron chi connectivity index (χ3n) is 4.25. The molecule has 3 aromatic rings. The van der Waals surface area contributed by atoms with Gasteiger partial charge >= 0.3 is 5.97 Å². The Bertz CT molecular complexity index is 1150. The van der Waals surface area contributed by atoms with Crippen LogP contribution in [-0.2, 0) is 20.7 Å². The fourth-order valence-electron chi connectivity index (χ4n) is 2.71. The number of thiophene rings is 1. The van der Waals surface area contributed by atoms with Crippen molar-refractivity contribution in [3.05, 3.63) is 63.3 Å². The van der Waals surface area contributed by atoms with E-state index in [0.29, 0.717) is 10.4 Å². The van der Waals surface area contributed by atoms with Crippen molar-refractivity contribution in [3.63, 3.8) is 0 Å². The topological polar surface area (TPSA) is 147 Å². The maximum atomic E-state index is 12.6. The van der Waals surface area contributed by atoms with Gasteiger partial charge in [-0.15, -0.1) is 11.3 Å². The van der Waals surface area contributed by atoms with Gasteiger partial charge < -0.3 is 25.8 Å². The highest BCUT2D eigenvalue weighted by atomic mass is 32.1. The van der Waals surface area contributed by atoms with Crippen LogP contribution in [0, 0.1) is 0 Å². The molecule has 0 bridgehead atoms. The normalized spacial score (nSPS) is 10.8. The van der Waals surface area contributed by atoms with Gasteiger partial charge in [-0.1, -0.05) is 43.4 Å². The van der Waals surface area contributed by atoms with Crippen molar-refractivity contribution < 1.29 is 29.0 Å². The molecular weight excluding hydrogens is 492 g/mol. The first-order valence-electron chi connectivity index (χ1n) is 10.6. The van der Waals surface area contributed by atoms with E-state index < -0.39 is 17.9 Å². The molecule has 0 radical (unpaired) electrons. The zero-order valence-electron chi connectivity index (χ0n) is 19.4. The number of aromatic nitrogens is 1. The zero-order chi connectivity index (χ0) is 25.8. The molecule has 1 atom stereocenters. The maximum Gasteiger partial charge on any atom is 0.330 e. The van der Waals surface area contributed by atoms with Crippen LogP contribution in [0.1, 0.15) is 38.8 Å². The van der Waals surface area contributed by atoms with Crippen LogP contribution in [0.25, 0.3) is 0 Å². The minimum absolute atomic E-state index is 0.0177. The van der Waals surface area contributed by atoms with Crippen molar-refractivity contribution in [2.24, 2.45) is 0 Å². The van der Waals surface area contributed by atoms with Crippen molar-refractivity contribution >= 4 is 51.5 Å². The predicted octanol–water partition coefficient (Wildman–Crippen LogP) is 2.82. The number of phenolic OH excluding ortho intramolecular Hbond substituents is 1. The predicted molar refractivity (Wildman–Crippen MR) is 134 cm³/mol. The summed E-state index contributed by atoms with van der Waals surface area (Å²) < 4.78 is 4.71. The molecule has 12 heteroatoms. The Morgan fingerprint density at radius 1 is 1.09 bits per heavy atom. The quantitative estimate of drug-likeness (QED) is 0.319. The number of carbonyl (C=O) groups is 4. The average molecular weight is 519 g/mol. The first-order chi connectivity index (χ1) is 16.9. The van der Waals surface area contributed by atoms with Crippen LogP contribution in [0.15, 0.2) is 48.0 Å². The van der Waals surface area contributed by atoms with Gasteiger partial charge in [-0.05, 0) is 29.1 Å². The van der Waals surface area contributed by atoms with Gasteiger partial charge in [0.1, 0.15) is 16.7 Å². The molecule has 10 nitrogen and oxygen atoms in total. The van der Waals surface area contributed by atoms with Gasteiger partial charge in [-0.25, -0.2) is 9.78 Å². The number of hydrogen-bond acceptors (Lipinski definition) is 9. The standard InChI is InChI=1S/C21H20N4O6S2.C2H6/c1-31-20(30)14(10-22-18(28)15-6-3-7-32-15)24-19(29)16-11-23-21(33-16)25-17(27)9-12-4-2-5-13(26)8-12;1-2/h2-8,11,14,26H,9-10H2,1H3,(H,22,28)(H,24,29)(H,23,25,27);1-2H3. The van der Waals surface area contributed by atoms with Crippen molar-refractivity contribution in [1.82, 2.24) is 15.6 Å². The number of rotatable bonds is 9. The summed E-state index contributed by atoms with van der Waals surface area (Å²) in [7, 11) is 1.18. The molecule has 3 rings (SSSR count). The molecule has 4 N–H and O–H groups in total. The lowest BCUT2D eigenvalue weighted by molar-refractivity contribution is -0.142. The highest BCUT2D eigenvalue weighted by Gasteiger charge is 2.24. The second-order valence-electron chi connectivity index (χ2n) is 6.66. The summed E-state index contributed by atoms with van der Waals surface area (Å²) in [6.45, 7) is 3.83. The maximum absolute atomic E-state index is 12.6. The number of amides is 3. The Morgan fingerprint density at radius 2 is 1.86 bits per heavy atom. The number of anilines is 1. The molecule has 0 aliphatic rings. The summed E-state index contributed by atoms with van der Waals surface area (Å²) in [6, 6.07) is 8.56. The van der Waals surface area contributed by atoms with Crippen LogP contribution in [0.2, 0.25) is 0 Å². The van der Waals surface area contributed by atoms with Crippen LogP contribution in [-0.4, -0.2) is 53.5 Å². The second-order valence-corrected chi connectivity index (χ2v) is 8.64. The molecule has 1 aromatic carbocycles. The first-order valence-corrected chi connectivity index (χ1v) is 12.3. The Kier molecular flexibility index (Phi) is 10.8. The summed E-state index contributed by atoms with van der Waals surface area (Å²) in [6.07, 6.45) is 1.28. The van der Waals surface area contributed by atoms with Crippen molar-refractivity contribution in [1.29, 1.82) is 0 Å². The summed E-state index contributed by atoms with van der Waals surface area (Å²) in [5.74, 6) is -2.02. The lowest BCUT2D eigenvalue weighted by Gasteiger charge is -2.16. The van der Waals surface area contributed by atoms with Gasteiger partial charge in [-0.3, -0.25) is 14.4 Å². The van der Waals surface area contributed by atoms with E-state index in [-0.39, 0.29) is 40.5 Å². The van der Waals surface area contributed by atoms with Gasteiger partial charge in [0.2, 0.25) is 5.91 Å². The van der Waals surface area contributed by atoms with Crippen LogP contribution >= 0.6 is 22.7 Å². The van der Waals surface area contributed by atoms with Gasteiger partial charge in [0.15, 0.2) is 5.13 Å². The molecule has 0 saturated heterocycles. The number of ether oxygens (including phenoxy) is 1. The zero-order valence-corrected chi connectivity index (χ0v) is 21.0. The van der Waals surface area contributed by atoms with Crippen molar-refractivity contribution in [2.45, 2.75) is 26.3 Å². The minimum Gasteiger partial charge on any atom is -0.508 e. The summed E-state index contributed by atoms with van der Waals surface area (Å²) in [4.78, 5) is 53.6. The number of nitrogens with one attached hydrogen (secondary N) is 3. The van der Waals surface area contributed by atoms with E-state index in [0.717, 1.165) is 11.3 Å². The fraction of sp³-hybridized carbons (Fsp3) is 0.261. The number of benzene rings is 1. The summed E-state index contributed by atoms with van der Waals surface area (Å²) >= 11 is 2.17. The number of thiazole rings is 1. The molecule has 2 heterocycles. The SMILES string of the molecule is CC.COC(=O)C(CNC(=O)c1cccs1)NC(=O)c1cnc(NC(=O)Cc2cccc(O)c2)s1. The fourth-order valence-corrected chi connectivity index (χ4v) is 4.08. The van der Waals surface area contributed by atoms with Crippen LogP contribution in [0.4, 0.5) is 5.13 Å². The lowest BCUT2D eigenvalue weighted by atomic mass is 10.1.